The Balaban J connectivity index is 2.66. The summed E-state index contributed by atoms with van der Waals surface area (Å²) in [6, 6.07) is 3.11. The largest absolute Gasteiger partial charge is 0.385 e. The third kappa shape index (κ3) is 5.50. The van der Waals surface area contributed by atoms with Crippen LogP contribution in [-0.2, 0) is 9.47 Å². The summed E-state index contributed by atoms with van der Waals surface area (Å²) in [6.45, 7) is 2.16. The van der Waals surface area contributed by atoms with Crippen LogP contribution in [-0.4, -0.2) is 61.5 Å². The van der Waals surface area contributed by atoms with E-state index in [0.717, 1.165) is 6.42 Å². The highest BCUT2D eigenvalue weighted by atomic mass is 35.5. The van der Waals surface area contributed by atoms with Gasteiger partial charge in [0, 0.05) is 33.9 Å². The van der Waals surface area contributed by atoms with Crippen LogP contribution < -0.4 is 0 Å². The number of halogens is 1. The SMILES string of the molecule is COCCCN(CCOC)C(=O)c1ccc(Cl)nn1. The van der Waals surface area contributed by atoms with E-state index in [0.29, 0.717) is 26.3 Å². The molecule has 0 aliphatic carbocycles. The Hall–Kier alpha value is -1.24. The van der Waals surface area contributed by atoms with Gasteiger partial charge in [0.2, 0.25) is 0 Å². The number of carbonyl (C=O) groups is 1. The maximum Gasteiger partial charge on any atom is 0.274 e. The van der Waals surface area contributed by atoms with Crippen molar-refractivity contribution in [2.75, 3.05) is 40.5 Å². The molecule has 1 amide bonds. The highest BCUT2D eigenvalue weighted by molar-refractivity contribution is 6.29. The summed E-state index contributed by atoms with van der Waals surface area (Å²) in [6.07, 6.45) is 0.757. The van der Waals surface area contributed by atoms with Gasteiger partial charge in [0.1, 0.15) is 0 Å². The van der Waals surface area contributed by atoms with E-state index < -0.39 is 0 Å². The van der Waals surface area contributed by atoms with Crippen LogP contribution in [0.5, 0.6) is 0 Å². The zero-order valence-electron chi connectivity index (χ0n) is 11.1. The van der Waals surface area contributed by atoms with E-state index in [1.54, 1.807) is 31.3 Å². The van der Waals surface area contributed by atoms with Crippen LogP contribution in [0.1, 0.15) is 16.9 Å². The van der Waals surface area contributed by atoms with Crippen molar-refractivity contribution in [1.29, 1.82) is 0 Å². The lowest BCUT2D eigenvalue weighted by atomic mass is 10.3. The lowest BCUT2D eigenvalue weighted by Crippen LogP contribution is -2.35. The third-order valence-electron chi connectivity index (χ3n) is 2.48. The first-order valence-electron chi connectivity index (χ1n) is 5.95. The fraction of sp³-hybridized carbons (Fsp3) is 0.583. The van der Waals surface area contributed by atoms with Crippen molar-refractivity contribution in [1.82, 2.24) is 15.1 Å². The van der Waals surface area contributed by atoms with Crippen LogP contribution >= 0.6 is 11.6 Å². The van der Waals surface area contributed by atoms with Gasteiger partial charge in [-0.2, -0.15) is 0 Å². The van der Waals surface area contributed by atoms with Gasteiger partial charge in [-0.3, -0.25) is 4.79 Å². The highest BCUT2D eigenvalue weighted by Crippen LogP contribution is 2.06. The maximum atomic E-state index is 12.2. The normalized spacial score (nSPS) is 10.5. The standard InChI is InChI=1S/C12H18ClN3O3/c1-18-8-3-6-16(7-9-19-2)12(17)10-4-5-11(13)15-14-10/h4-5H,3,6-9H2,1-2H3. The molecule has 0 spiro atoms. The minimum Gasteiger partial charge on any atom is -0.385 e. The number of carbonyl (C=O) groups excluding carboxylic acids is 1. The minimum atomic E-state index is -0.183. The van der Waals surface area contributed by atoms with Crippen molar-refractivity contribution in [3.05, 3.63) is 23.0 Å². The molecule has 19 heavy (non-hydrogen) atoms. The molecule has 1 rings (SSSR count). The van der Waals surface area contributed by atoms with Crippen LogP contribution in [0.15, 0.2) is 12.1 Å². The number of ether oxygens (including phenoxy) is 2. The minimum absolute atomic E-state index is 0.183. The van der Waals surface area contributed by atoms with E-state index in [9.17, 15) is 4.79 Å². The lowest BCUT2D eigenvalue weighted by Gasteiger charge is -2.21. The van der Waals surface area contributed by atoms with Gasteiger partial charge in [-0.1, -0.05) is 11.6 Å². The third-order valence-corrected chi connectivity index (χ3v) is 2.68. The Labute approximate surface area is 117 Å². The first-order valence-corrected chi connectivity index (χ1v) is 6.33. The van der Waals surface area contributed by atoms with Crippen molar-refractivity contribution in [2.24, 2.45) is 0 Å². The van der Waals surface area contributed by atoms with Gasteiger partial charge in [0.25, 0.3) is 5.91 Å². The molecule has 106 valence electrons. The van der Waals surface area contributed by atoms with Gasteiger partial charge >= 0.3 is 0 Å². The van der Waals surface area contributed by atoms with E-state index in [4.69, 9.17) is 21.1 Å². The van der Waals surface area contributed by atoms with Gasteiger partial charge in [0.15, 0.2) is 10.8 Å². The van der Waals surface area contributed by atoms with E-state index in [-0.39, 0.29) is 16.8 Å². The molecule has 1 aromatic rings. The summed E-state index contributed by atoms with van der Waals surface area (Å²) in [7, 11) is 3.23. The van der Waals surface area contributed by atoms with Gasteiger partial charge in [-0.15, -0.1) is 10.2 Å². The Morgan fingerprint density at radius 2 is 1.95 bits per heavy atom. The summed E-state index contributed by atoms with van der Waals surface area (Å²) < 4.78 is 9.98. The average molecular weight is 288 g/mol. The molecule has 1 aromatic heterocycles. The number of nitrogens with zero attached hydrogens (tertiary/aromatic N) is 3. The van der Waals surface area contributed by atoms with Crippen LogP contribution in [0, 0.1) is 0 Å². The second-order valence-corrected chi connectivity index (χ2v) is 4.26. The summed E-state index contributed by atoms with van der Waals surface area (Å²) in [4.78, 5) is 13.9. The number of amides is 1. The fourth-order valence-electron chi connectivity index (χ4n) is 1.51. The quantitative estimate of drug-likeness (QED) is 0.674. The van der Waals surface area contributed by atoms with Gasteiger partial charge in [-0.25, -0.2) is 0 Å². The van der Waals surface area contributed by atoms with Crippen molar-refractivity contribution in [2.45, 2.75) is 6.42 Å². The van der Waals surface area contributed by atoms with Crippen molar-refractivity contribution in [3.8, 4) is 0 Å². The number of hydrogen-bond donors (Lipinski definition) is 0. The predicted octanol–water partition coefficient (Wildman–Crippen LogP) is 1.26. The topological polar surface area (TPSA) is 64.6 Å². The number of methoxy groups -OCH3 is 2. The lowest BCUT2D eigenvalue weighted by molar-refractivity contribution is 0.0667. The van der Waals surface area contributed by atoms with Crippen LogP contribution in [0.4, 0.5) is 0 Å². The van der Waals surface area contributed by atoms with Crippen LogP contribution in [0.25, 0.3) is 0 Å². The molecule has 0 atom stereocenters. The summed E-state index contributed by atoms with van der Waals surface area (Å²) in [5, 5.41) is 7.72. The van der Waals surface area contributed by atoms with Gasteiger partial charge < -0.3 is 14.4 Å². The Morgan fingerprint density at radius 3 is 2.53 bits per heavy atom. The Morgan fingerprint density at radius 1 is 1.21 bits per heavy atom. The second-order valence-electron chi connectivity index (χ2n) is 3.87. The second kappa shape index (κ2) is 8.79. The van der Waals surface area contributed by atoms with Crippen molar-refractivity contribution in [3.63, 3.8) is 0 Å². The van der Waals surface area contributed by atoms with Crippen molar-refractivity contribution < 1.29 is 14.3 Å². The summed E-state index contributed by atoms with van der Waals surface area (Å²) >= 11 is 5.65. The molecule has 0 N–H and O–H groups in total. The monoisotopic (exact) mass is 287 g/mol. The molecule has 0 radical (unpaired) electrons. The average Bonchev–Trinajstić information content (AvgIpc) is 2.43. The zero-order valence-corrected chi connectivity index (χ0v) is 11.9. The van der Waals surface area contributed by atoms with Gasteiger partial charge in [-0.05, 0) is 18.6 Å². The first-order chi connectivity index (χ1) is 9.19. The Kier molecular flexibility index (Phi) is 7.32. The van der Waals surface area contributed by atoms with E-state index in [2.05, 4.69) is 10.2 Å². The van der Waals surface area contributed by atoms with E-state index in [1.807, 2.05) is 0 Å². The molecule has 0 bridgehead atoms. The predicted molar refractivity (Wildman–Crippen MR) is 71.3 cm³/mol. The highest BCUT2D eigenvalue weighted by Gasteiger charge is 2.17. The molecule has 0 saturated carbocycles. The number of hydrogen-bond acceptors (Lipinski definition) is 5. The first kappa shape index (κ1) is 15.8. The molecule has 0 aliphatic heterocycles. The fourth-order valence-corrected chi connectivity index (χ4v) is 1.61. The zero-order chi connectivity index (χ0) is 14.1. The molecular formula is C12H18ClN3O3. The molecular weight excluding hydrogens is 270 g/mol. The number of aromatic nitrogens is 2. The Bertz CT molecular complexity index is 386. The van der Waals surface area contributed by atoms with Crippen molar-refractivity contribution >= 4 is 17.5 Å². The van der Waals surface area contributed by atoms with E-state index >= 15 is 0 Å². The van der Waals surface area contributed by atoms with E-state index in [1.165, 1.54) is 0 Å². The summed E-state index contributed by atoms with van der Waals surface area (Å²) in [5.41, 5.74) is 0.276. The number of rotatable bonds is 8. The molecule has 1 heterocycles. The maximum absolute atomic E-state index is 12.2. The smallest absolute Gasteiger partial charge is 0.274 e. The summed E-state index contributed by atoms with van der Waals surface area (Å²) in [5.74, 6) is -0.183. The van der Waals surface area contributed by atoms with Gasteiger partial charge in [0.05, 0.1) is 6.61 Å². The molecule has 0 aliphatic rings. The molecule has 0 saturated heterocycles. The molecule has 6 nitrogen and oxygen atoms in total. The molecule has 0 fully saturated rings. The molecule has 7 heteroatoms. The molecule has 0 aromatic carbocycles. The molecule has 0 unspecified atom stereocenters. The van der Waals surface area contributed by atoms with Crippen LogP contribution in [0.3, 0.4) is 0 Å². The van der Waals surface area contributed by atoms with Crippen LogP contribution in [0.2, 0.25) is 5.15 Å².